The van der Waals surface area contributed by atoms with E-state index in [2.05, 4.69) is 10.3 Å². The fourth-order valence-corrected chi connectivity index (χ4v) is 3.82. The minimum absolute atomic E-state index is 0.0173. The Balaban J connectivity index is 1.63. The molecule has 26 heavy (non-hydrogen) atoms. The molecule has 1 fully saturated rings. The molecule has 1 aliphatic rings. The van der Waals surface area contributed by atoms with E-state index in [1.165, 1.54) is 11.8 Å². The number of benzene rings is 2. The van der Waals surface area contributed by atoms with Gasteiger partial charge >= 0.3 is 0 Å². The third-order valence-corrected chi connectivity index (χ3v) is 5.45. The summed E-state index contributed by atoms with van der Waals surface area (Å²) in [4.78, 5) is 30.1. The third kappa shape index (κ3) is 3.37. The van der Waals surface area contributed by atoms with Gasteiger partial charge in [0, 0.05) is 11.7 Å². The second kappa shape index (κ2) is 6.96. The van der Waals surface area contributed by atoms with E-state index in [1.807, 2.05) is 61.5 Å². The number of carbonyl (C=O) groups is 1. The fraction of sp³-hybridized carbons (Fsp3) is 0.250. The van der Waals surface area contributed by atoms with Crippen LogP contribution in [0.1, 0.15) is 25.8 Å². The summed E-state index contributed by atoms with van der Waals surface area (Å²) in [5.74, 6) is -0.106. The summed E-state index contributed by atoms with van der Waals surface area (Å²) in [5, 5.41) is 3.78. The minimum atomic E-state index is -0.367. The molecule has 1 aliphatic carbocycles. The molecule has 1 amide bonds. The normalized spacial score (nSPS) is 15.0. The van der Waals surface area contributed by atoms with E-state index in [-0.39, 0.29) is 22.8 Å². The maximum Gasteiger partial charge on any atom is 0.262 e. The molecule has 6 heteroatoms. The Morgan fingerprint density at radius 1 is 1.15 bits per heavy atom. The van der Waals surface area contributed by atoms with Crippen LogP contribution in [0.2, 0.25) is 0 Å². The molecule has 0 aliphatic heterocycles. The van der Waals surface area contributed by atoms with Gasteiger partial charge < -0.3 is 5.32 Å². The number of thioether (sulfide) groups is 1. The summed E-state index contributed by atoms with van der Waals surface area (Å²) < 4.78 is 1.76. The van der Waals surface area contributed by atoms with Gasteiger partial charge in [0.2, 0.25) is 5.91 Å². The first-order chi connectivity index (χ1) is 12.6. The van der Waals surface area contributed by atoms with Gasteiger partial charge in [-0.2, -0.15) is 0 Å². The Morgan fingerprint density at radius 2 is 1.85 bits per heavy atom. The van der Waals surface area contributed by atoms with E-state index in [0.717, 1.165) is 18.5 Å². The summed E-state index contributed by atoms with van der Waals surface area (Å²) in [6.45, 7) is 1.83. The number of hydrogen-bond donors (Lipinski definition) is 1. The second-order valence-electron chi connectivity index (χ2n) is 6.43. The first-order valence-electron chi connectivity index (χ1n) is 8.67. The standard InChI is InChI=1S/C20H19N3O2S/c1-13(18(24)21-14-7-3-2-4-8-14)26-20-22-17-10-6-5-9-16(17)19(25)23(20)15-11-12-15/h2-10,13,15H,11-12H2,1H3,(H,21,24). The van der Waals surface area contributed by atoms with Crippen LogP contribution in [-0.4, -0.2) is 20.7 Å². The fourth-order valence-electron chi connectivity index (χ4n) is 2.84. The van der Waals surface area contributed by atoms with Crippen LogP contribution in [0.3, 0.4) is 0 Å². The molecule has 0 radical (unpaired) electrons. The third-order valence-electron chi connectivity index (χ3n) is 4.38. The zero-order chi connectivity index (χ0) is 18.1. The molecule has 3 aromatic rings. The van der Waals surface area contributed by atoms with Crippen LogP contribution in [0.25, 0.3) is 10.9 Å². The van der Waals surface area contributed by atoms with Crippen molar-refractivity contribution in [3.05, 3.63) is 65.0 Å². The summed E-state index contributed by atoms with van der Waals surface area (Å²) in [7, 11) is 0. The molecule has 1 saturated carbocycles. The van der Waals surface area contributed by atoms with E-state index < -0.39 is 0 Å². The van der Waals surface area contributed by atoms with E-state index in [1.54, 1.807) is 4.57 Å². The number of nitrogens with zero attached hydrogens (tertiary/aromatic N) is 2. The van der Waals surface area contributed by atoms with Crippen molar-refractivity contribution in [2.45, 2.75) is 36.2 Å². The molecule has 0 bridgehead atoms. The van der Waals surface area contributed by atoms with Crippen LogP contribution in [0.15, 0.2) is 64.5 Å². The zero-order valence-corrected chi connectivity index (χ0v) is 15.2. The molecule has 1 atom stereocenters. The molecule has 1 N–H and O–H groups in total. The quantitative estimate of drug-likeness (QED) is 0.551. The topological polar surface area (TPSA) is 64.0 Å². The SMILES string of the molecule is CC(Sc1nc2ccccc2c(=O)n1C1CC1)C(=O)Nc1ccccc1. The molecule has 2 aromatic carbocycles. The number of amides is 1. The predicted octanol–water partition coefficient (Wildman–Crippen LogP) is 3.85. The highest BCUT2D eigenvalue weighted by Crippen LogP contribution is 2.37. The molecular formula is C20H19N3O2S. The van der Waals surface area contributed by atoms with Gasteiger partial charge in [-0.25, -0.2) is 4.98 Å². The highest BCUT2D eigenvalue weighted by molar-refractivity contribution is 8.00. The first kappa shape index (κ1) is 16.8. The molecule has 0 saturated heterocycles. The van der Waals surface area contributed by atoms with Crippen molar-refractivity contribution in [2.75, 3.05) is 5.32 Å². The summed E-state index contributed by atoms with van der Waals surface area (Å²) in [5.41, 5.74) is 1.42. The van der Waals surface area contributed by atoms with E-state index >= 15 is 0 Å². The van der Waals surface area contributed by atoms with Crippen LogP contribution >= 0.6 is 11.8 Å². The van der Waals surface area contributed by atoms with E-state index in [4.69, 9.17) is 0 Å². The Bertz CT molecular complexity index is 1010. The largest absolute Gasteiger partial charge is 0.325 e. The maximum atomic E-state index is 12.9. The van der Waals surface area contributed by atoms with Crippen molar-refractivity contribution in [3.8, 4) is 0 Å². The molecule has 0 spiro atoms. The lowest BCUT2D eigenvalue weighted by Gasteiger charge is -2.16. The molecule has 1 aromatic heterocycles. The Morgan fingerprint density at radius 3 is 2.58 bits per heavy atom. The van der Waals surface area contributed by atoms with Crippen LogP contribution in [0.5, 0.6) is 0 Å². The summed E-state index contributed by atoms with van der Waals surface area (Å²) in [6, 6.07) is 16.9. The van der Waals surface area contributed by atoms with Gasteiger partial charge in [-0.05, 0) is 44.0 Å². The van der Waals surface area contributed by atoms with Crippen molar-refractivity contribution < 1.29 is 4.79 Å². The lowest BCUT2D eigenvalue weighted by atomic mass is 10.2. The van der Waals surface area contributed by atoms with Gasteiger partial charge in [0.15, 0.2) is 5.16 Å². The van der Waals surface area contributed by atoms with E-state index in [9.17, 15) is 9.59 Å². The van der Waals surface area contributed by atoms with Crippen molar-refractivity contribution >= 4 is 34.3 Å². The van der Waals surface area contributed by atoms with Crippen LogP contribution in [0.4, 0.5) is 5.69 Å². The predicted molar refractivity (Wildman–Crippen MR) is 105 cm³/mol. The average Bonchev–Trinajstić information content (AvgIpc) is 3.47. The Hall–Kier alpha value is -2.60. The van der Waals surface area contributed by atoms with Gasteiger partial charge in [-0.1, -0.05) is 42.1 Å². The highest BCUT2D eigenvalue weighted by Gasteiger charge is 2.30. The van der Waals surface area contributed by atoms with Gasteiger partial charge in [0.25, 0.3) is 5.56 Å². The number of rotatable bonds is 5. The number of hydrogen-bond acceptors (Lipinski definition) is 4. The van der Waals surface area contributed by atoms with Crippen molar-refractivity contribution in [1.29, 1.82) is 0 Å². The summed E-state index contributed by atoms with van der Waals surface area (Å²) in [6.07, 6.45) is 1.97. The zero-order valence-electron chi connectivity index (χ0n) is 14.4. The van der Waals surface area contributed by atoms with Crippen molar-refractivity contribution in [1.82, 2.24) is 9.55 Å². The lowest BCUT2D eigenvalue weighted by molar-refractivity contribution is -0.115. The van der Waals surface area contributed by atoms with E-state index in [0.29, 0.717) is 16.1 Å². The minimum Gasteiger partial charge on any atom is -0.325 e. The number of fused-ring (bicyclic) bond motifs is 1. The molecular weight excluding hydrogens is 346 g/mol. The average molecular weight is 365 g/mol. The van der Waals surface area contributed by atoms with Gasteiger partial charge in [0.1, 0.15) is 0 Å². The molecule has 1 unspecified atom stereocenters. The lowest BCUT2D eigenvalue weighted by Crippen LogP contribution is -2.26. The Labute approximate surface area is 155 Å². The molecule has 132 valence electrons. The monoisotopic (exact) mass is 365 g/mol. The number of nitrogens with one attached hydrogen (secondary N) is 1. The molecule has 1 heterocycles. The summed E-state index contributed by atoms with van der Waals surface area (Å²) >= 11 is 1.33. The van der Waals surface area contributed by atoms with Gasteiger partial charge in [-0.3, -0.25) is 14.2 Å². The molecule has 5 nitrogen and oxygen atoms in total. The van der Waals surface area contributed by atoms with Crippen LogP contribution < -0.4 is 10.9 Å². The number of aromatic nitrogens is 2. The van der Waals surface area contributed by atoms with Gasteiger partial charge in [0.05, 0.1) is 16.2 Å². The van der Waals surface area contributed by atoms with Crippen LogP contribution in [-0.2, 0) is 4.79 Å². The molecule has 4 rings (SSSR count). The number of para-hydroxylation sites is 2. The first-order valence-corrected chi connectivity index (χ1v) is 9.55. The maximum absolute atomic E-state index is 12.9. The highest BCUT2D eigenvalue weighted by atomic mass is 32.2. The van der Waals surface area contributed by atoms with Crippen molar-refractivity contribution in [3.63, 3.8) is 0 Å². The Kier molecular flexibility index (Phi) is 4.51. The second-order valence-corrected chi connectivity index (χ2v) is 7.74. The van der Waals surface area contributed by atoms with Gasteiger partial charge in [-0.15, -0.1) is 0 Å². The number of carbonyl (C=O) groups excluding carboxylic acids is 1. The van der Waals surface area contributed by atoms with Crippen molar-refractivity contribution in [2.24, 2.45) is 0 Å². The van der Waals surface area contributed by atoms with Crippen LogP contribution in [0, 0.1) is 0 Å². The smallest absolute Gasteiger partial charge is 0.262 e. The number of anilines is 1.